The van der Waals surface area contributed by atoms with E-state index in [0.717, 1.165) is 45.3 Å². The van der Waals surface area contributed by atoms with Crippen LogP contribution >= 0.6 is 24.0 Å². The van der Waals surface area contributed by atoms with Crippen LogP contribution in [0.1, 0.15) is 38.0 Å². The third-order valence-electron chi connectivity index (χ3n) is 4.83. The molecule has 1 N–H and O–H groups in total. The van der Waals surface area contributed by atoms with Gasteiger partial charge in [-0.2, -0.15) is 0 Å². The molecule has 1 aliphatic heterocycles. The minimum atomic E-state index is 0. The molecule has 1 unspecified atom stereocenters. The monoisotopic (exact) mass is 474 g/mol. The highest BCUT2D eigenvalue weighted by atomic mass is 127. The van der Waals surface area contributed by atoms with Crippen molar-refractivity contribution in [1.82, 2.24) is 15.1 Å². The van der Waals surface area contributed by atoms with Crippen LogP contribution < -0.4 is 5.32 Å². The van der Waals surface area contributed by atoms with Crippen molar-refractivity contribution in [3.8, 4) is 0 Å². The predicted octanol–water partition coefficient (Wildman–Crippen LogP) is 3.29. The molecule has 1 aromatic carbocycles. The van der Waals surface area contributed by atoms with Gasteiger partial charge in [0.1, 0.15) is 6.10 Å². The molecule has 5 nitrogen and oxygen atoms in total. The fraction of sp³-hybridized carbons (Fsp3) is 0.650. The molecule has 1 aromatic rings. The Kier molecular flexibility index (Phi) is 10.5. The number of guanidine groups is 1. The molecule has 1 saturated heterocycles. The van der Waals surface area contributed by atoms with E-state index >= 15 is 0 Å². The number of halogens is 1. The van der Waals surface area contributed by atoms with Crippen molar-refractivity contribution in [1.29, 1.82) is 0 Å². The summed E-state index contributed by atoms with van der Waals surface area (Å²) in [6, 6.07) is 9.04. The summed E-state index contributed by atoms with van der Waals surface area (Å²) in [6.07, 6.45) is 0.108. The molecular weight excluding hydrogens is 439 g/mol. The highest BCUT2D eigenvalue weighted by Crippen LogP contribution is 2.24. The molecule has 26 heavy (non-hydrogen) atoms. The van der Waals surface area contributed by atoms with Gasteiger partial charge >= 0.3 is 0 Å². The maximum Gasteiger partial charge on any atom is 0.194 e. The summed E-state index contributed by atoms with van der Waals surface area (Å²) in [5, 5.41) is 3.44. The predicted molar refractivity (Wildman–Crippen MR) is 121 cm³/mol. The second kappa shape index (κ2) is 11.8. The van der Waals surface area contributed by atoms with Crippen molar-refractivity contribution in [2.24, 2.45) is 4.99 Å². The lowest BCUT2D eigenvalue weighted by Crippen LogP contribution is -2.48. The number of hydrogen-bond donors (Lipinski definition) is 1. The van der Waals surface area contributed by atoms with Gasteiger partial charge in [0.05, 0.1) is 19.7 Å². The molecule has 0 aromatic heterocycles. The zero-order valence-electron chi connectivity index (χ0n) is 16.9. The lowest BCUT2D eigenvalue weighted by molar-refractivity contribution is -0.00833. The van der Waals surface area contributed by atoms with Gasteiger partial charge in [-0.1, -0.05) is 24.3 Å². The number of nitrogens with zero attached hydrogens (tertiary/aromatic N) is 3. The third kappa shape index (κ3) is 6.70. The molecule has 0 radical (unpaired) electrons. The van der Waals surface area contributed by atoms with E-state index in [1.807, 2.05) is 0 Å². The smallest absolute Gasteiger partial charge is 0.194 e. The van der Waals surface area contributed by atoms with Crippen molar-refractivity contribution in [3.05, 3.63) is 35.4 Å². The van der Waals surface area contributed by atoms with Crippen LogP contribution in [0.25, 0.3) is 0 Å². The van der Waals surface area contributed by atoms with Gasteiger partial charge in [0.25, 0.3) is 0 Å². The summed E-state index contributed by atoms with van der Waals surface area (Å²) in [6.45, 7) is 13.8. The largest absolute Gasteiger partial charge is 0.370 e. The van der Waals surface area contributed by atoms with E-state index in [4.69, 9.17) is 9.73 Å². The van der Waals surface area contributed by atoms with Crippen molar-refractivity contribution in [2.75, 3.05) is 46.4 Å². The van der Waals surface area contributed by atoms with E-state index in [0.29, 0.717) is 6.04 Å². The molecule has 1 aliphatic rings. The molecule has 0 aliphatic carbocycles. The Morgan fingerprint density at radius 3 is 2.77 bits per heavy atom. The van der Waals surface area contributed by atoms with Gasteiger partial charge in [-0.15, -0.1) is 24.0 Å². The van der Waals surface area contributed by atoms with Gasteiger partial charge in [0.15, 0.2) is 5.96 Å². The summed E-state index contributed by atoms with van der Waals surface area (Å²) in [5.41, 5.74) is 2.57. The second-order valence-corrected chi connectivity index (χ2v) is 6.97. The number of aliphatic imine (C=N–C) groups is 1. The Morgan fingerprint density at radius 1 is 1.38 bits per heavy atom. The summed E-state index contributed by atoms with van der Waals surface area (Å²) in [5.74, 6) is 1.00. The van der Waals surface area contributed by atoms with Crippen LogP contribution in [0.15, 0.2) is 29.3 Å². The SMILES string of the molecule is CCNC(=NCCN(C)C(C)C)N1CCOC(c2ccccc2C)C1.I. The molecule has 1 atom stereocenters. The van der Waals surface area contributed by atoms with Crippen LogP contribution in [0, 0.1) is 6.92 Å². The van der Waals surface area contributed by atoms with Crippen LogP contribution in [0.2, 0.25) is 0 Å². The average molecular weight is 474 g/mol. The summed E-state index contributed by atoms with van der Waals surface area (Å²) in [7, 11) is 2.15. The molecule has 2 rings (SSSR count). The van der Waals surface area contributed by atoms with E-state index in [1.165, 1.54) is 11.1 Å². The van der Waals surface area contributed by atoms with Crippen molar-refractivity contribution >= 4 is 29.9 Å². The number of benzene rings is 1. The van der Waals surface area contributed by atoms with Gasteiger partial charge in [-0.3, -0.25) is 4.99 Å². The second-order valence-electron chi connectivity index (χ2n) is 6.97. The number of aryl methyl sites for hydroxylation is 1. The first-order valence-electron chi connectivity index (χ1n) is 9.43. The maximum atomic E-state index is 6.04. The number of ether oxygens (including phenoxy) is 1. The fourth-order valence-electron chi connectivity index (χ4n) is 2.98. The normalized spacial score (nSPS) is 18.2. The Morgan fingerprint density at radius 2 is 2.12 bits per heavy atom. The van der Waals surface area contributed by atoms with Gasteiger partial charge in [0, 0.05) is 25.7 Å². The molecular formula is C20H35IN4O. The zero-order valence-corrected chi connectivity index (χ0v) is 19.2. The van der Waals surface area contributed by atoms with Gasteiger partial charge < -0.3 is 19.9 Å². The Balaban J connectivity index is 0.00000338. The van der Waals surface area contributed by atoms with Gasteiger partial charge in [-0.25, -0.2) is 0 Å². The zero-order chi connectivity index (χ0) is 18.2. The number of hydrogen-bond acceptors (Lipinski definition) is 3. The quantitative estimate of drug-likeness (QED) is 0.390. The standard InChI is InChI=1S/C20H34N4O.HI/c1-6-21-20(22-11-12-23(5)16(2)3)24-13-14-25-19(15-24)18-10-8-7-9-17(18)4;/h7-10,16,19H,6,11-15H2,1-5H3,(H,21,22);1H. The van der Waals surface area contributed by atoms with Crippen LogP contribution in [-0.2, 0) is 4.74 Å². The van der Waals surface area contributed by atoms with Crippen LogP contribution in [0.4, 0.5) is 0 Å². The minimum Gasteiger partial charge on any atom is -0.370 e. The number of rotatable bonds is 6. The van der Waals surface area contributed by atoms with Gasteiger partial charge in [-0.05, 0) is 45.9 Å². The maximum absolute atomic E-state index is 6.04. The molecule has 1 heterocycles. The molecule has 0 bridgehead atoms. The fourth-order valence-corrected chi connectivity index (χ4v) is 2.98. The average Bonchev–Trinajstić information content (AvgIpc) is 2.61. The van der Waals surface area contributed by atoms with Crippen LogP contribution in [-0.4, -0.2) is 68.2 Å². The topological polar surface area (TPSA) is 40.1 Å². The van der Waals surface area contributed by atoms with Crippen LogP contribution in [0.5, 0.6) is 0 Å². The lowest BCUT2D eigenvalue weighted by atomic mass is 10.0. The molecule has 0 amide bonds. The highest BCUT2D eigenvalue weighted by molar-refractivity contribution is 14.0. The Hall–Kier alpha value is -0.860. The molecule has 6 heteroatoms. The first-order valence-corrected chi connectivity index (χ1v) is 9.43. The summed E-state index contributed by atoms with van der Waals surface area (Å²) in [4.78, 5) is 9.50. The number of morpholine rings is 1. The molecule has 1 fully saturated rings. The molecule has 0 spiro atoms. The van der Waals surface area contributed by atoms with E-state index in [9.17, 15) is 0 Å². The summed E-state index contributed by atoms with van der Waals surface area (Å²) < 4.78 is 6.04. The number of likely N-dealkylation sites (N-methyl/N-ethyl adjacent to an activating group) is 1. The van der Waals surface area contributed by atoms with Crippen molar-refractivity contribution < 1.29 is 4.74 Å². The Bertz CT molecular complexity index is 564. The van der Waals surface area contributed by atoms with Gasteiger partial charge in [0.2, 0.25) is 0 Å². The van der Waals surface area contributed by atoms with E-state index < -0.39 is 0 Å². The van der Waals surface area contributed by atoms with E-state index in [1.54, 1.807) is 0 Å². The number of nitrogens with one attached hydrogen (secondary N) is 1. The molecule has 0 saturated carbocycles. The first kappa shape index (κ1) is 23.2. The lowest BCUT2D eigenvalue weighted by Gasteiger charge is -2.36. The minimum absolute atomic E-state index is 0. The summed E-state index contributed by atoms with van der Waals surface area (Å²) >= 11 is 0. The first-order chi connectivity index (χ1) is 12.0. The molecule has 148 valence electrons. The van der Waals surface area contributed by atoms with E-state index in [2.05, 4.69) is 74.1 Å². The Labute approximate surface area is 176 Å². The third-order valence-corrected chi connectivity index (χ3v) is 4.83. The van der Waals surface area contributed by atoms with Crippen molar-refractivity contribution in [2.45, 2.75) is 39.8 Å². The van der Waals surface area contributed by atoms with Crippen LogP contribution in [0.3, 0.4) is 0 Å². The van der Waals surface area contributed by atoms with E-state index in [-0.39, 0.29) is 30.1 Å². The van der Waals surface area contributed by atoms with Crippen molar-refractivity contribution in [3.63, 3.8) is 0 Å². The highest BCUT2D eigenvalue weighted by Gasteiger charge is 2.25.